The van der Waals surface area contributed by atoms with Crippen molar-refractivity contribution in [3.8, 4) is 0 Å². The Morgan fingerprint density at radius 1 is 0.833 bits per heavy atom. The molecule has 1 fully saturated rings. The number of rotatable bonds is 9. The van der Waals surface area contributed by atoms with Crippen LogP contribution in [-0.2, 0) is 16.4 Å². The van der Waals surface area contributed by atoms with Gasteiger partial charge in [0.05, 0.1) is 16.3 Å². The highest BCUT2D eigenvalue weighted by molar-refractivity contribution is 7.92. The van der Waals surface area contributed by atoms with E-state index >= 15 is 0 Å². The van der Waals surface area contributed by atoms with Gasteiger partial charge >= 0.3 is 5.97 Å². The van der Waals surface area contributed by atoms with Crippen LogP contribution < -0.4 is 9.21 Å². The van der Waals surface area contributed by atoms with Crippen LogP contribution in [0.25, 0.3) is 11.0 Å². The minimum absolute atomic E-state index is 0.0148. The van der Waals surface area contributed by atoms with E-state index in [-0.39, 0.29) is 23.1 Å². The number of carbonyl (C=O) groups is 2. The third kappa shape index (κ3) is 6.27. The second kappa shape index (κ2) is 13.2. The van der Waals surface area contributed by atoms with E-state index < -0.39 is 16.0 Å². The average molecular weight is 666 g/mol. The molecule has 10 heteroatoms. The highest BCUT2D eigenvalue weighted by Gasteiger charge is 2.31. The molecule has 0 bridgehead atoms. The number of carboxylic acids is 1. The van der Waals surface area contributed by atoms with Crippen molar-refractivity contribution in [3.05, 3.63) is 124 Å². The molecule has 4 aromatic carbocycles. The van der Waals surface area contributed by atoms with Crippen molar-refractivity contribution in [2.75, 3.05) is 41.9 Å². The molecule has 2 heterocycles. The molecule has 5 aromatic rings. The standard InChI is InChI=1S/C38H39N3O6S/c1-25-22-26(2)35(27(3)23-25)37(42)40-20-18-39(19-21-40)32-12-8-9-13-33(32)41(17-16-29-10-6-5-7-11-29)48(45,46)30-14-15-34-31(24-30)28(4)36(47-34)38(43)44/h5-15,22-24H,16-21H2,1-4H3,(H,43,44). The lowest BCUT2D eigenvalue weighted by molar-refractivity contribution is 0.0663. The Morgan fingerprint density at radius 3 is 2.15 bits per heavy atom. The van der Waals surface area contributed by atoms with Crippen molar-refractivity contribution in [2.45, 2.75) is 39.0 Å². The number of carboxylic acid groups (broad SMARTS) is 1. The van der Waals surface area contributed by atoms with E-state index in [1.54, 1.807) is 6.92 Å². The quantitative estimate of drug-likeness (QED) is 0.185. The maximum absolute atomic E-state index is 14.6. The number of nitrogens with zero attached hydrogens (tertiary/aromatic N) is 3. The Morgan fingerprint density at radius 2 is 1.48 bits per heavy atom. The van der Waals surface area contributed by atoms with Gasteiger partial charge in [-0.05, 0) is 81.1 Å². The first-order valence-corrected chi connectivity index (χ1v) is 17.4. The summed E-state index contributed by atoms with van der Waals surface area (Å²) in [5.74, 6) is -1.41. The maximum Gasteiger partial charge on any atom is 0.372 e. The molecule has 0 saturated carbocycles. The van der Waals surface area contributed by atoms with Crippen LogP contribution in [0.2, 0.25) is 0 Å². The number of aromatic carboxylic acids is 1. The first kappa shape index (κ1) is 32.8. The van der Waals surface area contributed by atoms with Crippen LogP contribution in [0.5, 0.6) is 0 Å². The zero-order chi connectivity index (χ0) is 34.2. The predicted molar refractivity (Wildman–Crippen MR) is 188 cm³/mol. The van der Waals surface area contributed by atoms with Crippen LogP contribution >= 0.6 is 0 Å². The summed E-state index contributed by atoms with van der Waals surface area (Å²) in [7, 11) is -4.12. The molecule has 248 valence electrons. The Balaban J connectivity index is 1.33. The molecule has 6 rings (SSSR count). The SMILES string of the molecule is Cc1cc(C)c(C(=O)N2CCN(c3ccccc3N(CCc3ccccc3)S(=O)(=O)c3ccc4oc(C(=O)O)c(C)c4c3)CC2)c(C)c1. The third-order valence-electron chi connectivity index (χ3n) is 9.09. The number of furan rings is 1. The summed E-state index contributed by atoms with van der Waals surface area (Å²) >= 11 is 0. The number of anilines is 2. The number of amides is 1. The molecule has 1 aliphatic heterocycles. The number of hydrogen-bond acceptors (Lipinski definition) is 6. The molecule has 1 saturated heterocycles. The zero-order valence-corrected chi connectivity index (χ0v) is 28.4. The smallest absolute Gasteiger partial charge is 0.372 e. The number of carbonyl (C=O) groups excluding carboxylic acids is 1. The lowest BCUT2D eigenvalue weighted by atomic mass is 9.98. The van der Waals surface area contributed by atoms with Crippen LogP contribution in [0.4, 0.5) is 11.4 Å². The first-order chi connectivity index (χ1) is 23.0. The lowest BCUT2D eigenvalue weighted by Crippen LogP contribution is -2.49. The Labute approximate surface area is 281 Å². The van der Waals surface area contributed by atoms with Gasteiger partial charge in [-0.2, -0.15) is 0 Å². The molecule has 0 aliphatic carbocycles. The topological polar surface area (TPSA) is 111 Å². The van der Waals surface area contributed by atoms with Gasteiger partial charge in [0.1, 0.15) is 5.58 Å². The molecule has 48 heavy (non-hydrogen) atoms. The normalized spacial score (nSPS) is 13.6. The van der Waals surface area contributed by atoms with Crippen LogP contribution in [-0.4, -0.2) is 63.0 Å². The van der Waals surface area contributed by atoms with Gasteiger partial charge < -0.3 is 19.3 Å². The van der Waals surface area contributed by atoms with Gasteiger partial charge in [-0.1, -0.05) is 60.2 Å². The van der Waals surface area contributed by atoms with E-state index in [1.165, 1.54) is 22.5 Å². The molecule has 0 unspecified atom stereocenters. The van der Waals surface area contributed by atoms with Crippen molar-refractivity contribution in [1.82, 2.24) is 4.90 Å². The molecule has 0 spiro atoms. The van der Waals surface area contributed by atoms with E-state index in [9.17, 15) is 23.1 Å². The van der Waals surface area contributed by atoms with Gasteiger partial charge in [0, 0.05) is 49.2 Å². The van der Waals surface area contributed by atoms with Gasteiger partial charge in [-0.25, -0.2) is 13.2 Å². The fourth-order valence-electron chi connectivity index (χ4n) is 6.71. The van der Waals surface area contributed by atoms with Crippen LogP contribution in [0.15, 0.2) is 94.2 Å². The number of benzene rings is 4. The second-order valence-corrected chi connectivity index (χ2v) is 14.2. The van der Waals surface area contributed by atoms with Crippen LogP contribution in [0.1, 0.15) is 48.7 Å². The number of hydrogen-bond donors (Lipinski definition) is 1. The van der Waals surface area contributed by atoms with Crippen molar-refractivity contribution in [2.24, 2.45) is 0 Å². The zero-order valence-electron chi connectivity index (χ0n) is 27.6. The minimum atomic E-state index is -4.12. The summed E-state index contributed by atoms with van der Waals surface area (Å²) in [5, 5.41) is 9.99. The van der Waals surface area contributed by atoms with Crippen LogP contribution in [0, 0.1) is 27.7 Å². The maximum atomic E-state index is 14.6. The molecule has 1 aromatic heterocycles. The first-order valence-electron chi connectivity index (χ1n) is 16.0. The highest BCUT2D eigenvalue weighted by Crippen LogP contribution is 2.36. The van der Waals surface area contributed by atoms with Gasteiger partial charge in [0.2, 0.25) is 5.76 Å². The number of sulfonamides is 1. The number of fused-ring (bicyclic) bond motifs is 1. The minimum Gasteiger partial charge on any atom is -0.475 e. The summed E-state index contributed by atoms with van der Waals surface area (Å²) in [6, 6.07) is 25.7. The molecule has 0 atom stereocenters. The van der Waals surface area contributed by atoms with Gasteiger partial charge in [0.15, 0.2) is 0 Å². The third-order valence-corrected chi connectivity index (χ3v) is 10.9. The monoisotopic (exact) mass is 665 g/mol. The van der Waals surface area contributed by atoms with Gasteiger partial charge in [0.25, 0.3) is 15.9 Å². The molecule has 1 amide bonds. The lowest BCUT2D eigenvalue weighted by Gasteiger charge is -2.38. The average Bonchev–Trinajstić information content (AvgIpc) is 3.41. The van der Waals surface area contributed by atoms with E-state index in [2.05, 4.69) is 4.90 Å². The number of piperazine rings is 1. The van der Waals surface area contributed by atoms with Gasteiger partial charge in [-0.3, -0.25) is 9.10 Å². The Hall–Kier alpha value is -5.09. The van der Waals surface area contributed by atoms with E-state index in [0.717, 1.165) is 33.5 Å². The van der Waals surface area contributed by atoms with Gasteiger partial charge in [-0.15, -0.1) is 0 Å². The van der Waals surface area contributed by atoms with E-state index in [4.69, 9.17) is 4.42 Å². The summed E-state index contributed by atoms with van der Waals surface area (Å²) in [6.45, 7) is 9.84. The number of para-hydroxylation sites is 2. The summed E-state index contributed by atoms with van der Waals surface area (Å²) in [6.07, 6.45) is 0.474. The molecule has 1 N–H and O–H groups in total. The number of aryl methyl sites for hydroxylation is 4. The largest absolute Gasteiger partial charge is 0.475 e. The molecular weight excluding hydrogens is 627 g/mol. The molecule has 0 radical (unpaired) electrons. The molecular formula is C38H39N3O6S. The van der Waals surface area contributed by atoms with E-state index in [0.29, 0.717) is 54.8 Å². The predicted octanol–water partition coefficient (Wildman–Crippen LogP) is 6.77. The summed E-state index contributed by atoms with van der Waals surface area (Å²) < 4.78 is 36.1. The fourth-order valence-corrected chi connectivity index (χ4v) is 8.21. The highest BCUT2D eigenvalue weighted by atomic mass is 32.2. The summed E-state index contributed by atoms with van der Waals surface area (Å²) in [5.41, 5.74) is 6.77. The van der Waals surface area contributed by atoms with Crippen molar-refractivity contribution < 1.29 is 27.5 Å². The summed E-state index contributed by atoms with van der Waals surface area (Å²) in [4.78, 5) is 29.4. The van der Waals surface area contributed by atoms with Crippen molar-refractivity contribution >= 4 is 44.2 Å². The van der Waals surface area contributed by atoms with Crippen molar-refractivity contribution in [1.29, 1.82) is 0 Å². The van der Waals surface area contributed by atoms with E-state index in [1.807, 2.05) is 92.4 Å². The Kier molecular flexibility index (Phi) is 9.03. The Bertz CT molecular complexity index is 2090. The molecule has 1 aliphatic rings. The molecule has 9 nitrogen and oxygen atoms in total. The van der Waals surface area contributed by atoms with Crippen molar-refractivity contribution in [3.63, 3.8) is 0 Å². The fraction of sp³-hybridized carbons (Fsp3) is 0.263. The second-order valence-electron chi connectivity index (χ2n) is 12.4. The van der Waals surface area contributed by atoms with Crippen LogP contribution in [0.3, 0.4) is 0 Å².